The van der Waals surface area contributed by atoms with Crippen LogP contribution in [0.5, 0.6) is 0 Å². The van der Waals surface area contributed by atoms with E-state index in [1.165, 1.54) is 0 Å². The fourth-order valence-corrected chi connectivity index (χ4v) is 3.91. The van der Waals surface area contributed by atoms with E-state index in [4.69, 9.17) is 0 Å². The molecule has 2 unspecified atom stereocenters. The Kier molecular flexibility index (Phi) is 5.88. The minimum Gasteiger partial charge on any atom is -0.348 e. The third kappa shape index (κ3) is 5.11. The number of imide groups is 1. The van der Waals surface area contributed by atoms with Crippen molar-refractivity contribution in [3.05, 3.63) is 48.0 Å². The highest BCUT2D eigenvalue weighted by atomic mass is 32.2. The monoisotopic (exact) mass is 417 g/mol. The van der Waals surface area contributed by atoms with E-state index in [2.05, 4.69) is 10.6 Å². The van der Waals surface area contributed by atoms with Crippen molar-refractivity contribution in [3.63, 3.8) is 0 Å². The maximum Gasteiger partial charge on any atom is 0.325 e. The number of benzene rings is 2. The smallest absolute Gasteiger partial charge is 0.325 e. The van der Waals surface area contributed by atoms with Gasteiger partial charge in [0.15, 0.2) is 0 Å². The molecule has 1 aliphatic rings. The number of sulfone groups is 1. The van der Waals surface area contributed by atoms with E-state index in [1.54, 1.807) is 0 Å². The molecule has 0 bridgehead atoms. The second kappa shape index (κ2) is 8.20. The molecule has 8 nitrogen and oxygen atoms in total. The summed E-state index contributed by atoms with van der Waals surface area (Å²) in [5.41, 5.74) is 0.903. The number of urea groups is 1. The summed E-state index contributed by atoms with van der Waals surface area (Å²) < 4.78 is 22.5. The second-order valence-electron chi connectivity index (χ2n) is 7.24. The zero-order chi connectivity index (χ0) is 21.2. The quantitative estimate of drug-likeness (QED) is 0.661. The van der Waals surface area contributed by atoms with E-state index in [9.17, 15) is 22.8 Å². The van der Waals surface area contributed by atoms with Crippen LogP contribution in [0.15, 0.2) is 42.5 Å². The minimum atomic E-state index is -3.26. The standard InChI is InChI=1S/C20H23N3O5S/c1-13(15-8-7-14-5-3-4-6-16(14)11-15)21-18(24)12-23-19(25)17(22-20(23)26)9-10-29(2,27)28/h3-8,11,13,17H,9-10,12H2,1-2H3,(H,21,24)(H,22,26). The topological polar surface area (TPSA) is 113 Å². The predicted molar refractivity (Wildman–Crippen MR) is 109 cm³/mol. The van der Waals surface area contributed by atoms with Gasteiger partial charge in [0.25, 0.3) is 5.91 Å². The first-order valence-electron chi connectivity index (χ1n) is 9.22. The first-order chi connectivity index (χ1) is 13.6. The molecule has 1 saturated heterocycles. The van der Waals surface area contributed by atoms with E-state index in [0.29, 0.717) is 0 Å². The van der Waals surface area contributed by atoms with E-state index in [-0.39, 0.29) is 18.2 Å². The summed E-state index contributed by atoms with van der Waals surface area (Å²) in [6, 6.07) is 11.8. The highest BCUT2D eigenvalue weighted by molar-refractivity contribution is 7.90. The van der Waals surface area contributed by atoms with Crippen LogP contribution < -0.4 is 10.6 Å². The average Bonchev–Trinajstić information content (AvgIpc) is 2.93. The predicted octanol–water partition coefficient (Wildman–Crippen LogP) is 1.37. The van der Waals surface area contributed by atoms with Gasteiger partial charge in [0.2, 0.25) is 5.91 Å². The Morgan fingerprint density at radius 1 is 1.17 bits per heavy atom. The summed E-state index contributed by atoms with van der Waals surface area (Å²) in [7, 11) is -3.26. The third-order valence-electron chi connectivity index (χ3n) is 4.84. The Labute approximate surface area is 169 Å². The molecule has 3 rings (SSSR count). The number of nitrogens with zero attached hydrogens (tertiary/aromatic N) is 1. The molecule has 2 N–H and O–H groups in total. The highest BCUT2D eigenvalue weighted by Gasteiger charge is 2.39. The maximum atomic E-state index is 12.4. The fourth-order valence-electron chi connectivity index (χ4n) is 3.25. The van der Waals surface area contributed by atoms with Crippen molar-refractivity contribution >= 4 is 38.5 Å². The van der Waals surface area contributed by atoms with Crippen molar-refractivity contribution in [3.8, 4) is 0 Å². The summed E-state index contributed by atoms with van der Waals surface area (Å²) in [5, 5.41) is 7.36. The van der Waals surface area contributed by atoms with Crippen LogP contribution >= 0.6 is 0 Å². The highest BCUT2D eigenvalue weighted by Crippen LogP contribution is 2.20. The van der Waals surface area contributed by atoms with Crippen LogP contribution in [0.4, 0.5) is 4.79 Å². The summed E-state index contributed by atoms with van der Waals surface area (Å²) in [4.78, 5) is 37.6. The molecule has 1 fully saturated rings. The maximum absolute atomic E-state index is 12.4. The molecule has 0 aromatic heterocycles. The molecule has 0 spiro atoms. The van der Waals surface area contributed by atoms with Crippen LogP contribution in [-0.2, 0) is 19.4 Å². The van der Waals surface area contributed by atoms with Gasteiger partial charge in [0, 0.05) is 6.26 Å². The van der Waals surface area contributed by atoms with Crippen LogP contribution in [0.25, 0.3) is 10.8 Å². The van der Waals surface area contributed by atoms with Crippen molar-refractivity contribution in [2.45, 2.75) is 25.4 Å². The van der Waals surface area contributed by atoms with E-state index in [0.717, 1.165) is 27.5 Å². The van der Waals surface area contributed by atoms with Crippen LogP contribution in [-0.4, -0.2) is 55.8 Å². The molecule has 2 atom stereocenters. The zero-order valence-corrected chi connectivity index (χ0v) is 17.0. The SMILES string of the molecule is CC(NC(=O)CN1C(=O)NC(CCS(C)(=O)=O)C1=O)c1ccc2ccccc2c1. The Balaban J connectivity index is 1.60. The molecule has 0 saturated carbocycles. The molecule has 2 aromatic rings. The normalized spacial score (nSPS) is 18.0. The van der Waals surface area contributed by atoms with Crippen molar-refractivity contribution in [2.75, 3.05) is 18.6 Å². The van der Waals surface area contributed by atoms with Crippen molar-refractivity contribution < 1.29 is 22.8 Å². The van der Waals surface area contributed by atoms with Crippen molar-refractivity contribution in [1.82, 2.24) is 15.5 Å². The average molecular weight is 417 g/mol. The number of hydrogen-bond donors (Lipinski definition) is 2. The van der Waals surface area contributed by atoms with Crippen LogP contribution in [0, 0.1) is 0 Å². The van der Waals surface area contributed by atoms with Gasteiger partial charge in [-0.05, 0) is 35.7 Å². The van der Waals surface area contributed by atoms with Gasteiger partial charge >= 0.3 is 6.03 Å². The number of fused-ring (bicyclic) bond motifs is 1. The van der Waals surface area contributed by atoms with Crippen LogP contribution in [0.3, 0.4) is 0 Å². The Bertz CT molecular complexity index is 1070. The van der Waals surface area contributed by atoms with Gasteiger partial charge in [-0.2, -0.15) is 0 Å². The van der Waals surface area contributed by atoms with Crippen molar-refractivity contribution in [1.29, 1.82) is 0 Å². The summed E-state index contributed by atoms with van der Waals surface area (Å²) in [5.74, 6) is -1.28. The fraction of sp³-hybridized carbons (Fsp3) is 0.350. The number of hydrogen-bond acceptors (Lipinski definition) is 5. The number of amides is 4. The summed E-state index contributed by atoms with van der Waals surface area (Å²) >= 11 is 0. The van der Waals surface area contributed by atoms with Crippen molar-refractivity contribution in [2.24, 2.45) is 0 Å². The van der Waals surface area contributed by atoms with E-state index >= 15 is 0 Å². The molecule has 0 aliphatic carbocycles. The minimum absolute atomic E-state index is 0.0188. The molecule has 2 aromatic carbocycles. The van der Waals surface area contributed by atoms with Crippen LogP contribution in [0.1, 0.15) is 24.9 Å². The van der Waals surface area contributed by atoms with Gasteiger partial charge in [-0.1, -0.05) is 36.4 Å². The van der Waals surface area contributed by atoms with Gasteiger partial charge in [-0.15, -0.1) is 0 Å². The Hall–Kier alpha value is -2.94. The number of rotatable bonds is 7. The summed E-state index contributed by atoms with van der Waals surface area (Å²) in [6.07, 6.45) is 1.04. The molecule has 4 amide bonds. The summed E-state index contributed by atoms with van der Waals surface area (Å²) in [6.45, 7) is 1.40. The number of nitrogens with one attached hydrogen (secondary N) is 2. The molecule has 154 valence electrons. The van der Waals surface area contributed by atoms with Gasteiger partial charge in [-0.3, -0.25) is 14.5 Å². The molecule has 9 heteroatoms. The van der Waals surface area contributed by atoms with Gasteiger partial charge < -0.3 is 10.6 Å². The van der Waals surface area contributed by atoms with Crippen LogP contribution in [0.2, 0.25) is 0 Å². The van der Waals surface area contributed by atoms with E-state index < -0.39 is 40.3 Å². The molecular weight excluding hydrogens is 394 g/mol. The first kappa shape index (κ1) is 20.8. The number of carbonyl (C=O) groups is 3. The lowest BCUT2D eigenvalue weighted by atomic mass is 10.0. The molecule has 0 radical (unpaired) electrons. The number of carbonyl (C=O) groups excluding carboxylic acids is 3. The van der Waals surface area contributed by atoms with Gasteiger partial charge in [-0.25, -0.2) is 13.2 Å². The van der Waals surface area contributed by atoms with E-state index in [1.807, 2.05) is 49.4 Å². The third-order valence-corrected chi connectivity index (χ3v) is 5.81. The Morgan fingerprint density at radius 3 is 2.55 bits per heavy atom. The Morgan fingerprint density at radius 2 is 1.86 bits per heavy atom. The lowest BCUT2D eigenvalue weighted by molar-refractivity contribution is -0.132. The lowest BCUT2D eigenvalue weighted by Crippen LogP contribution is -2.41. The second-order valence-corrected chi connectivity index (χ2v) is 9.50. The molecule has 29 heavy (non-hydrogen) atoms. The zero-order valence-electron chi connectivity index (χ0n) is 16.2. The first-order valence-corrected chi connectivity index (χ1v) is 11.3. The lowest BCUT2D eigenvalue weighted by Gasteiger charge is -2.18. The van der Waals surface area contributed by atoms with Gasteiger partial charge in [0.05, 0.1) is 11.8 Å². The van der Waals surface area contributed by atoms with Gasteiger partial charge in [0.1, 0.15) is 22.4 Å². The largest absolute Gasteiger partial charge is 0.348 e. The molecular formula is C20H23N3O5S. The molecule has 1 aliphatic heterocycles. The molecule has 1 heterocycles.